The van der Waals surface area contributed by atoms with Crippen molar-refractivity contribution in [3.8, 4) is 0 Å². The number of amides is 1. The van der Waals surface area contributed by atoms with Crippen LogP contribution in [-0.2, 0) is 22.6 Å². The molecular weight excluding hydrogens is 487 g/mol. The van der Waals surface area contributed by atoms with E-state index in [0.29, 0.717) is 11.2 Å². The van der Waals surface area contributed by atoms with E-state index < -0.39 is 16.8 Å². The summed E-state index contributed by atoms with van der Waals surface area (Å²) in [7, 11) is 0. The average Bonchev–Trinajstić information content (AvgIpc) is 3.09. The highest BCUT2D eigenvalue weighted by Gasteiger charge is 2.24. The molecule has 0 spiro atoms. The number of thiazole rings is 1. The number of carbonyl (C=O) groups is 2. The second kappa shape index (κ2) is 9.91. The zero-order chi connectivity index (χ0) is 25.3. The van der Waals surface area contributed by atoms with Gasteiger partial charge in [0.1, 0.15) is 17.0 Å². The largest absolute Gasteiger partial charge is 0.311 e. The Labute approximate surface area is 211 Å². The van der Waals surface area contributed by atoms with Crippen molar-refractivity contribution in [2.75, 3.05) is 11.4 Å². The Morgan fingerprint density at radius 2 is 1.89 bits per heavy atom. The van der Waals surface area contributed by atoms with Gasteiger partial charge in [0.25, 0.3) is 5.56 Å². The summed E-state index contributed by atoms with van der Waals surface area (Å²) in [5.74, 6) is -0.988. The van der Waals surface area contributed by atoms with E-state index in [2.05, 4.69) is 0 Å². The van der Waals surface area contributed by atoms with E-state index in [1.54, 1.807) is 25.7 Å². The Kier molecular flexibility index (Phi) is 7.10. The first-order valence-electron chi connectivity index (χ1n) is 11.4. The second-order valence-electron chi connectivity index (χ2n) is 9.51. The quantitative estimate of drug-likeness (QED) is 0.532. The number of para-hydroxylation sites is 1. The number of fused-ring (bicyclic) bond motifs is 1. The fraction of sp³-hybridized carbons (Fsp3) is 0.296. The highest BCUT2D eigenvalue weighted by Crippen LogP contribution is 2.27. The Hall–Kier alpha value is -3.03. The van der Waals surface area contributed by atoms with Crippen molar-refractivity contribution >= 4 is 52.5 Å². The molecule has 0 bridgehead atoms. The van der Waals surface area contributed by atoms with Crippen LogP contribution in [0, 0.1) is 11.2 Å². The van der Waals surface area contributed by atoms with Crippen LogP contribution in [0.2, 0.25) is 5.02 Å². The minimum Gasteiger partial charge on any atom is -0.311 e. The molecule has 0 saturated heterocycles. The van der Waals surface area contributed by atoms with Gasteiger partial charge >= 0.3 is 0 Å². The molecule has 182 valence electrons. The number of rotatable bonds is 4. The molecule has 4 rings (SSSR count). The number of Topliss-reactive ketones (excluding diaryl/α,β-unsaturated/α-hetero) is 1. The monoisotopic (exact) mass is 512 g/mol. The number of aromatic nitrogens is 1. The summed E-state index contributed by atoms with van der Waals surface area (Å²) >= 11 is 7.20. The van der Waals surface area contributed by atoms with Crippen molar-refractivity contribution in [3.63, 3.8) is 0 Å². The molecule has 35 heavy (non-hydrogen) atoms. The maximum Gasteiger partial charge on any atom is 0.269 e. The van der Waals surface area contributed by atoms with E-state index in [9.17, 15) is 18.8 Å². The molecule has 8 heteroatoms. The number of carbonyl (C=O) groups excluding carboxylic acids is 2. The predicted molar refractivity (Wildman–Crippen MR) is 139 cm³/mol. The predicted octanol–water partition coefficient (Wildman–Crippen LogP) is 3.91. The van der Waals surface area contributed by atoms with Gasteiger partial charge < -0.3 is 4.90 Å². The number of benzene rings is 2. The summed E-state index contributed by atoms with van der Waals surface area (Å²) in [6.45, 7) is 5.67. The minimum atomic E-state index is -0.667. The van der Waals surface area contributed by atoms with Gasteiger partial charge in [0, 0.05) is 29.3 Å². The first-order valence-corrected chi connectivity index (χ1v) is 12.6. The van der Waals surface area contributed by atoms with Gasteiger partial charge in [-0.15, -0.1) is 11.3 Å². The number of ketones is 1. The fourth-order valence-electron chi connectivity index (χ4n) is 3.91. The molecule has 1 aliphatic rings. The van der Waals surface area contributed by atoms with Crippen molar-refractivity contribution in [2.45, 2.75) is 40.2 Å². The van der Waals surface area contributed by atoms with E-state index in [1.165, 1.54) is 34.9 Å². The van der Waals surface area contributed by atoms with Crippen molar-refractivity contribution in [3.05, 3.63) is 84.0 Å². The van der Waals surface area contributed by atoms with Crippen molar-refractivity contribution in [1.82, 2.24) is 4.57 Å². The summed E-state index contributed by atoms with van der Waals surface area (Å²) in [6, 6.07) is 12.0. The lowest BCUT2D eigenvalue weighted by molar-refractivity contribution is -0.120. The molecule has 0 aliphatic carbocycles. The zero-order valence-electron chi connectivity index (χ0n) is 19.8. The van der Waals surface area contributed by atoms with Gasteiger partial charge in [0.05, 0.1) is 9.55 Å². The van der Waals surface area contributed by atoms with Crippen LogP contribution in [0.15, 0.2) is 47.3 Å². The summed E-state index contributed by atoms with van der Waals surface area (Å²) in [6.07, 6.45) is 4.48. The molecule has 0 unspecified atom stereocenters. The van der Waals surface area contributed by atoms with Crippen LogP contribution in [0.3, 0.4) is 0 Å². The Bertz CT molecular complexity index is 1460. The topological polar surface area (TPSA) is 59.4 Å². The van der Waals surface area contributed by atoms with Crippen LogP contribution in [0.1, 0.15) is 38.3 Å². The average molecular weight is 513 g/mol. The number of hydrogen-bond acceptors (Lipinski definition) is 4. The van der Waals surface area contributed by atoms with E-state index in [4.69, 9.17) is 11.6 Å². The van der Waals surface area contributed by atoms with E-state index in [-0.39, 0.29) is 33.4 Å². The summed E-state index contributed by atoms with van der Waals surface area (Å²) in [4.78, 5) is 41.2. The van der Waals surface area contributed by atoms with Crippen LogP contribution in [-0.4, -0.2) is 22.8 Å². The second-order valence-corrected chi connectivity index (χ2v) is 11.0. The van der Waals surface area contributed by atoms with E-state index in [1.807, 2.05) is 24.3 Å². The van der Waals surface area contributed by atoms with Gasteiger partial charge in [-0.25, -0.2) is 4.39 Å². The molecule has 5 nitrogen and oxygen atoms in total. The first-order chi connectivity index (χ1) is 16.6. The molecule has 2 aromatic carbocycles. The minimum absolute atomic E-state index is 0.0876. The zero-order valence-corrected chi connectivity index (χ0v) is 21.4. The van der Waals surface area contributed by atoms with E-state index in [0.717, 1.165) is 35.4 Å². The Balaban J connectivity index is 1.83. The van der Waals surface area contributed by atoms with Crippen molar-refractivity contribution in [1.29, 1.82) is 0 Å². The third-order valence-corrected chi connectivity index (χ3v) is 7.30. The molecule has 3 aromatic rings. The molecule has 0 N–H and O–H groups in total. The fourth-order valence-corrected chi connectivity index (χ4v) is 5.16. The molecule has 1 aromatic heterocycles. The van der Waals surface area contributed by atoms with Gasteiger partial charge in [-0.3, -0.25) is 19.0 Å². The number of anilines is 1. The summed E-state index contributed by atoms with van der Waals surface area (Å²) < 4.78 is 16.2. The van der Waals surface area contributed by atoms with Crippen LogP contribution >= 0.6 is 22.9 Å². The highest BCUT2D eigenvalue weighted by atomic mass is 35.5. The van der Waals surface area contributed by atoms with Crippen LogP contribution < -0.4 is 19.7 Å². The van der Waals surface area contributed by atoms with Gasteiger partial charge in [-0.2, -0.15) is 0 Å². The molecule has 0 saturated carbocycles. The van der Waals surface area contributed by atoms with Gasteiger partial charge in [0.2, 0.25) is 5.91 Å². The highest BCUT2D eigenvalue weighted by molar-refractivity contribution is 7.07. The number of nitrogens with zero attached hydrogens (tertiary/aromatic N) is 2. The normalized spacial score (nSPS) is 14.8. The van der Waals surface area contributed by atoms with Gasteiger partial charge in [-0.05, 0) is 42.7 Å². The third kappa shape index (κ3) is 5.31. The summed E-state index contributed by atoms with van der Waals surface area (Å²) in [5, 5.41) is 0.168. The number of aryl methyl sites for hydroxylation is 1. The number of hydrogen-bond donors (Lipinski definition) is 0. The molecule has 0 atom stereocenters. The molecule has 0 radical (unpaired) electrons. The standard InChI is InChI=1S/C27H26ClFN2O3S/c1-27(2,3)23(32)15-25-31(16-24(33)30-13-7-9-17-8-4-5-12-21(17)30)26(34)22(35-25)14-18-19(28)10-6-11-20(18)29/h4-6,8,10-12,14-15H,7,9,13,16H2,1-3H3/b22-14-,25-15+. The van der Waals surface area contributed by atoms with Crippen molar-refractivity contribution in [2.24, 2.45) is 5.41 Å². The lowest BCUT2D eigenvalue weighted by Gasteiger charge is -2.29. The van der Waals surface area contributed by atoms with Crippen LogP contribution in [0.25, 0.3) is 12.2 Å². The molecule has 1 amide bonds. The van der Waals surface area contributed by atoms with Gasteiger partial charge in [-0.1, -0.05) is 56.6 Å². The third-order valence-electron chi connectivity index (χ3n) is 5.91. The molecule has 0 fully saturated rings. The molecular formula is C27H26ClFN2O3S. The molecule has 1 aliphatic heterocycles. The summed E-state index contributed by atoms with van der Waals surface area (Å²) in [5.41, 5.74) is 0.876. The van der Waals surface area contributed by atoms with E-state index >= 15 is 0 Å². The first kappa shape index (κ1) is 25.1. The van der Waals surface area contributed by atoms with Crippen LogP contribution in [0.5, 0.6) is 0 Å². The smallest absolute Gasteiger partial charge is 0.269 e. The van der Waals surface area contributed by atoms with Crippen molar-refractivity contribution < 1.29 is 14.0 Å². The molecule has 2 heterocycles. The Morgan fingerprint density at radius 3 is 2.60 bits per heavy atom. The SMILES string of the molecule is CC(C)(C)C(=O)/C=c1/s/c(=C\c2c(F)cccc2Cl)c(=O)n1CC(=O)N1CCCc2ccccc21. The lowest BCUT2D eigenvalue weighted by Crippen LogP contribution is -2.42. The van der Waals surface area contributed by atoms with Gasteiger partial charge in [0.15, 0.2) is 5.78 Å². The maximum atomic E-state index is 14.4. The Morgan fingerprint density at radius 1 is 1.14 bits per heavy atom. The maximum absolute atomic E-state index is 14.4. The van der Waals surface area contributed by atoms with Crippen LogP contribution in [0.4, 0.5) is 10.1 Å². The lowest BCUT2D eigenvalue weighted by atomic mass is 9.91. The number of halogens is 2.